The molecule has 1 aromatic carbocycles. The molecule has 1 aromatic rings. The summed E-state index contributed by atoms with van der Waals surface area (Å²) in [7, 11) is 0. The maximum Gasteiger partial charge on any atom is 0.241 e. The van der Waals surface area contributed by atoms with Crippen LogP contribution in [0.2, 0.25) is 0 Å². The van der Waals surface area contributed by atoms with Gasteiger partial charge >= 0.3 is 0 Å². The number of nitrogens with one attached hydrogen (secondary N) is 1. The van der Waals surface area contributed by atoms with E-state index in [1.165, 1.54) is 16.7 Å². The third kappa shape index (κ3) is 3.61. The summed E-state index contributed by atoms with van der Waals surface area (Å²) in [6.45, 7) is 7.17. The van der Waals surface area contributed by atoms with Gasteiger partial charge in [0.2, 0.25) is 5.91 Å². The lowest BCUT2D eigenvalue weighted by Crippen LogP contribution is -2.33. The monoisotopic (exact) mass is 306 g/mol. The minimum atomic E-state index is -0.0261. The number of benzene rings is 1. The molecule has 0 bridgehead atoms. The van der Waals surface area contributed by atoms with Crippen molar-refractivity contribution in [1.82, 2.24) is 10.2 Å². The molecule has 1 aliphatic heterocycles. The maximum absolute atomic E-state index is 12.6. The standard InChI is InChI=1S/C17H26N2OS/c1-5-6-15-17(20)19(9-10-21-4)16(18-15)14-11-12(2)7-8-13(14)3/h7-8,11,15-16,18H,5-6,9-10H2,1-4H3. The molecule has 2 unspecified atom stereocenters. The Hall–Kier alpha value is -1.00. The lowest BCUT2D eigenvalue weighted by atomic mass is 10.0. The summed E-state index contributed by atoms with van der Waals surface area (Å²) in [5.74, 6) is 1.24. The van der Waals surface area contributed by atoms with Crippen LogP contribution in [0.5, 0.6) is 0 Å². The van der Waals surface area contributed by atoms with Crippen LogP contribution in [0.1, 0.15) is 42.6 Å². The van der Waals surface area contributed by atoms with E-state index in [1.54, 1.807) is 11.8 Å². The van der Waals surface area contributed by atoms with Crippen molar-refractivity contribution in [1.29, 1.82) is 0 Å². The molecule has 0 spiro atoms. The molecule has 116 valence electrons. The van der Waals surface area contributed by atoms with Crippen molar-refractivity contribution in [3.05, 3.63) is 34.9 Å². The summed E-state index contributed by atoms with van der Waals surface area (Å²) in [4.78, 5) is 14.7. The molecule has 1 N–H and O–H groups in total. The molecule has 0 saturated carbocycles. The fraction of sp³-hybridized carbons (Fsp3) is 0.588. The largest absolute Gasteiger partial charge is 0.321 e. The molecule has 2 atom stereocenters. The van der Waals surface area contributed by atoms with Gasteiger partial charge in [-0.2, -0.15) is 11.8 Å². The number of hydrogen-bond acceptors (Lipinski definition) is 3. The van der Waals surface area contributed by atoms with Gasteiger partial charge in [-0.15, -0.1) is 0 Å². The highest BCUT2D eigenvalue weighted by atomic mass is 32.2. The van der Waals surface area contributed by atoms with Gasteiger partial charge in [-0.25, -0.2) is 0 Å². The number of amides is 1. The van der Waals surface area contributed by atoms with Crippen LogP contribution < -0.4 is 5.32 Å². The van der Waals surface area contributed by atoms with Crippen molar-refractivity contribution in [2.24, 2.45) is 0 Å². The molecule has 1 fully saturated rings. The van der Waals surface area contributed by atoms with Gasteiger partial charge in [0.25, 0.3) is 0 Å². The van der Waals surface area contributed by atoms with E-state index < -0.39 is 0 Å². The number of hydrogen-bond donors (Lipinski definition) is 1. The Morgan fingerprint density at radius 1 is 1.33 bits per heavy atom. The van der Waals surface area contributed by atoms with Crippen molar-refractivity contribution in [2.45, 2.75) is 45.8 Å². The fourth-order valence-corrected chi connectivity index (χ4v) is 3.30. The van der Waals surface area contributed by atoms with Gasteiger partial charge < -0.3 is 4.90 Å². The molecule has 0 aliphatic carbocycles. The first-order chi connectivity index (χ1) is 10.1. The van der Waals surface area contributed by atoms with Crippen LogP contribution in [0.4, 0.5) is 0 Å². The van der Waals surface area contributed by atoms with Crippen LogP contribution in [0.15, 0.2) is 18.2 Å². The quantitative estimate of drug-likeness (QED) is 0.875. The molecule has 1 aliphatic rings. The number of carbonyl (C=O) groups excluding carboxylic acids is 1. The van der Waals surface area contributed by atoms with Crippen molar-refractivity contribution < 1.29 is 4.79 Å². The Bertz CT molecular complexity index is 504. The minimum Gasteiger partial charge on any atom is -0.321 e. The van der Waals surface area contributed by atoms with Crippen molar-refractivity contribution in [3.63, 3.8) is 0 Å². The zero-order valence-electron chi connectivity index (χ0n) is 13.5. The summed E-state index contributed by atoms with van der Waals surface area (Å²) < 4.78 is 0. The lowest BCUT2D eigenvalue weighted by molar-refractivity contribution is -0.130. The van der Waals surface area contributed by atoms with E-state index in [-0.39, 0.29) is 18.1 Å². The van der Waals surface area contributed by atoms with Gasteiger partial charge in [-0.3, -0.25) is 10.1 Å². The summed E-state index contributed by atoms with van der Waals surface area (Å²) >= 11 is 1.79. The van der Waals surface area contributed by atoms with Crippen molar-refractivity contribution in [2.75, 3.05) is 18.6 Å². The van der Waals surface area contributed by atoms with E-state index in [2.05, 4.69) is 50.5 Å². The Morgan fingerprint density at radius 3 is 2.76 bits per heavy atom. The van der Waals surface area contributed by atoms with Gasteiger partial charge in [-0.05, 0) is 37.7 Å². The van der Waals surface area contributed by atoms with Gasteiger partial charge in [0.1, 0.15) is 6.17 Å². The van der Waals surface area contributed by atoms with Crippen LogP contribution in [0.3, 0.4) is 0 Å². The summed E-state index contributed by atoms with van der Waals surface area (Å²) in [5, 5.41) is 3.55. The van der Waals surface area contributed by atoms with E-state index in [1.807, 2.05) is 4.90 Å². The summed E-state index contributed by atoms with van der Waals surface area (Å²) in [5.41, 5.74) is 3.73. The highest BCUT2D eigenvalue weighted by molar-refractivity contribution is 7.98. The third-order valence-corrected chi connectivity index (χ3v) is 4.69. The van der Waals surface area contributed by atoms with Gasteiger partial charge in [0.15, 0.2) is 0 Å². The first kappa shape index (κ1) is 16.4. The second-order valence-electron chi connectivity index (χ2n) is 5.79. The number of rotatable bonds is 6. The van der Waals surface area contributed by atoms with E-state index >= 15 is 0 Å². The Labute approximate surface area is 132 Å². The topological polar surface area (TPSA) is 32.3 Å². The molecule has 3 nitrogen and oxygen atoms in total. The minimum absolute atomic E-state index is 0.0261. The summed E-state index contributed by atoms with van der Waals surface area (Å²) in [6.07, 6.45) is 4.06. The SMILES string of the molecule is CCCC1NC(c2cc(C)ccc2C)N(CCSC)C1=O. The fourth-order valence-electron chi connectivity index (χ4n) is 2.92. The van der Waals surface area contributed by atoms with Crippen molar-refractivity contribution >= 4 is 17.7 Å². The molecular weight excluding hydrogens is 280 g/mol. The predicted octanol–water partition coefficient (Wildman–Crippen LogP) is 3.27. The van der Waals surface area contributed by atoms with Crippen LogP contribution in [-0.4, -0.2) is 35.4 Å². The molecule has 1 saturated heterocycles. The second kappa shape index (κ2) is 7.32. The van der Waals surface area contributed by atoms with E-state index in [0.717, 1.165) is 25.1 Å². The maximum atomic E-state index is 12.6. The van der Waals surface area contributed by atoms with Crippen LogP contribution in [0.25, 0.3) is 0 Å². The number of thioether (sulfide) groups is 1. The zero-order valence-corrected chi connectivity index (χ0v) is 14.3. The Morgan fingerprint density at radius 2 is 2.10 bits per heavy atom. The van der Waals surface area contributed by atoms with E-state index in [0.29, 0.717) is 0 Å². The molecule has 2 rings (SSSR count). The average Bonchev–Trinajstić information content (AvgIpc) is 2.77. The number of carbonyl (C=O) groups is 1. The molecule has 0 radical (unpaired) electrons. The van der Waals surface area contributed by atoms with Crippen molar-refractivity contribution in [3.8, 4) is 0 Å². The molecule has 4 heteroatoms. The third-order valence-electron chi connectivity index (χ3n) is 4.09. The second-order valence-corrected chi connectivity index (χ2v) is 6.78. The van der Waals surface area contributed by atoms with E-state index in [4.69, 9.17) is 0 Å². The highest BCUT2D eigenvalue weighted by Gasteiger charge is 2.39. The molecule has 21 heavy (non-hydrogen) atoms. The van der Waals surface area contributed by atoms with Crippen LogP contribution in [-0.2, 0) is 4.79 Å². The number of aryl methyl sites for hydroxylation is 2. The zero-order chi connectivity index (χ0) is 15.4. The first-order valence-electron chi connectivity index (χ1n) is 7.71. The first-order valence-corrected chi connectivity index (χ1v) is 9.10. The lowest BCUT2D eigenvalue weighted by Gasteiger charge is -2.26. The smallest absolute Gasteiger partial charge is 0.241 e. The van der Waals surface area contributed by atoms with Gasteiger partial charge in [0, 0.05) is 12.3 Å². The van der Waals surface area contributed by atoms with E-state index in [9.17, 15) is 4.79 Å². The Kier molecular flexibility index (Phi) is 5.71. The molecule has 1 heterocycles. The summed E-state index contributed by atoms with van der Waals surface area (Å²) in [6, 6.07) is 6.46. The predicted molar refractivity (Wildman–Crippen MR) is 90.6 cm³/mol. The van der Waals surface area contributed by atoms with Gasteiger partial charge in [-0.1, -0.05) is 37.1 Å². The van der Waals surface area contributed by atoms with Crippen LogP contribution >= 0.6 is 11.8 Å². The van der Waals surface area contributed by atoms with Gasteiger partial charge in [0.05, 0.1) is 6.04 Å². The number of nitrogens with zero attached hydrogens (tertiary/aromatic N) is 1. The van der Waals surface area contributed by atoms with Crippen LogP contribution in [0, 0.1) is 13.8 Å². The molecule has 1 amide bonds. The average molecular weight is 306 g/mol. The molecular formula is C17H26N2OS. The molecule has 0 aromatic heterocycles. The Balaban J connectivity index is 2.29. The highest BCUT2D eigenvalue weighted by Crippen LogP contribution is 2.29. The normalized spacial score (nSPS) is 22.1.